The van der Waals surface area contributed by atoms with Gasteiger partial charge in [-0.15, -0.1) is 0 Å². The summed E-state index contributed by atoms with van der Waals surface area (Å²) in [4.78, 5) is 8.05. The van der Waals surface area contributed by atoms with Crippen molar-refractivity contribution < 1.29 is 0 Å². The van der Waals surface area contributed by atoms with E-state index in [1.807, 2.05) is 7.05 Å². The first-order valence-corrected chi connectivity index (χ1v) is 5.91. The minimum absolute atomic E-state index is 0.178. The van der Waals surface area contributed by atoms with Crippen LogP contribution in [-0.2, 0) is 7.05 Å². The Bertz CT molecular complexity index is 816. The maximum Gasteiger partial charge on any atom is 0.222 e. The largest absolute Gasteiger partial charge is 0.268 e. The molecule has 5 nitrogen and oxygen atoms in total. The smallest absolute Gasteiger partial charge is 0.222 e. The van der Waals surface area contributed by atoms with E-state index in [0.717, 1.165) is 16.5 Å². The number of aromatic nitrogens is 4. The van der Waals surface area contributed by atoms with Crippen molar-refractivity contribution in [2.24, 2.45) is 7.05 Å². The van der Waals surface area contributed by atoms with Gasteiger partial charge in [0.1, 0.15) is 0 Å². The third kappa shape index (κ3) is 1.92. The van der Waals surface area contributed by atoms with E-state index in [9.17, 15) is 0 Å². The normalized spacial score (nSPS) is 10.6. The Hall–Kier alpha value is -2.45. The van der Waals surface area contributed by atoms with E-state index in [2.05, 4.69) is 21.1 Å². The quantitative estimate of drug-likeness (QED) is 0.637. The monoisotopic (exact) mass is 269 g/mol. The van der Waals surface area contributed by atoms with Crippen LogP contribution in [0.5, 0.6) is 0 Å². The predicted molar refractivity (Wildman–Crippen MR) is 71.5 cm³/mol. The predicted octanol–water partition coefficient (Wildman–Crippen LogP) is 2.56. The molecule has 0 unspecified atom stereocenters. The molecule has 0 aliphatic carbocycles. The van der Waals surface area contributed by atoms with Crippen molar-refractivity contribution in [1.29, 1.82) is 5.26 Å². The first kappa shape index (κ1) is 11.6. The minimum Gasteiger partial charge on any atom is -0.268 e. The van der Waals surface area contributed by atoms with Crippen molar-refractivity contribution in [2.45, 2.75) is 0 Å². The van der Waals surface area contributed by atoms with Crippen molar-refractivity contribution in [2.75, 3.05) is 0 Å². The van der Waals surface area contributed by atoms with Gasteiger partial charge in [0.15, 0.2) is 0 Å². The summed E-state index contributed by atoms with van der Waals surface area (Å²) in [5.41, 5.74) is 2.94. The SMILES string of the molecule is Cn1ncc2c(-c3ccnc(Cl)n3)cc(C#N)cc21. The Labute approximate surface area is 114 Å². The second-order valence-corrected chi connectivity index (χ2v) is 4.39. The zero-order valence-electron chi connectivity index (χ0n) is 10.0. The average molecular weight is 270 g/mol. The fourth-order valence-electron chi connectivity index (χ4n) is 2.01. The highest BCUT2D eigenvalue weighted by Gasteiger charge is 2.11. The maximum atomic E-state index is 9.11. The van der Waals surface area contributed by atoms with Crippen LogP contribution in [0.4, 0.5) is 0 Å². The molecule has 0 fully saturated rings. The molecule has 19 heavy (non-hydrogen) atoms. The molecule has 1 aromatic carbocycles. The second-order valence-electron chi connectivity index (χ2n) is 4.05. The molecule has 0 saturated heterocycles. The number of fused-ring (bicyclic) bond motifs is 1. The van der Waals surface area contributed by atoms with Crippen LogP contribution < -0.4 is 0 Å². The van der Waals surface area contributed by atoms with E-state index in [4.69, 9.17) is 16.9 Å². The molecule has 0 atom stereocenters. The summed E-state index contributed by atoms with van der Waals surface area (Å²) in [7, 11) is 1.83. The highest BCUT2D eigenvalue weighted by Crippen LogP contribution is 2.28. The number of aryl methyl sites for hydroxylation is 1. The van der Waals surface area contributed by atoms with Crippen molar-refractivity contribution in [1.82, 2.24) is 19.7 Å². The van der Waals surface area contributed by atoms with E-state index in [1.165, 1.54) is 0 Å². The number of rotatable bonds is 1. The Morgan fingerprint density at radius 1 is 1.37 bits per heavy atom. The lowest BCUT2D eigenvalue weighted by Gasteiger charge is -2.04. The second kappa shape index (κ2) is 4.34. The lowest BCUT2D eigenvalue weighted by Crippen LogP contribution is -1.92. The summed E-state index contributed by atoms with van der Waals surface area (Å²) in [6.45, 7) is 0. The lowest BCUT2D eigenvalue weighted by atomic mass is 10.0. The number of hydrogen-bond acceptors (Lipinski definition) is 4. The van der Waals surface area contributed by atoms with Gasteiger partial charge in [-0.2, -0.15) is 10.4 Å². The molecular formula is C13H8ClN5. The van der Waals surface area contributed by atoms with Crippen LogP contribution >= 0.6 is 11.6 Å². The standard InChI is InChI=1S/C13H8ClN5/c1-19-12-5-8(6-15)4-9(10(12)7-17-19)11-2-3-16-13(14)18-11/h2-5,7H,1H3. The third-order valence-corrected chi connectivity index (χ3v) is 3.08. The summed E-state index contributed by atoms with van der Waals surface area (Å²) < 4.78 is 1.72. The van der Waals surface area contributed by atoms with Crippen LogP contribution in [-0.4, -0.2) is 19.7 Å². The Morgan fingerprint density at radius 3 is 2.95 bits per heavy atom. The van der Waals surface area contributed by atoms with Crippen LogP contribution in [0.2, 0.25) is 5.28 Å². The summed E-state index contributed by atoms with van der Waals surface area (Å²) in [5, 5.41) is 14.4. The van der Waals surface area contributed by atoms with Crippen LogP contribution in [0.3, 0.4) is 0 Å². The van der Waals surface area contributed by atoms with Crippen LogP contribution in [0.15, 0.2) is 30.6 Å². The molecule has 0 amide bonds. The first-order chi connectivity index (χ1) is 9.19. The number of nitriles is 1. The number of nitrogens with zero attached hydrogens (tertiary/aromatic N) is 5. The summed E-state index contributed by atoms with van der Waals surface area (Å²) in [6, 6.07) is 7.48. The molecule has 3 aromatic rings. The zero-order valence-corrected chi connectivity index (χ0v) is 10.8. The summed E-state index contributed by atoms with van der Waals surface area (Å²) >= 11 is 5.82. The molecule has 0 aliphatic rings. The summed E-state index contributed by atoms with van der Waals surface area (Å²) in [5.74, 6) is 0. The van der Waals surface area contributed by atoms with Gasteiger partial charge in [-0.05, 0) is 29.8 Å². The Kier molecular flexibility index (Phi) is 2.65. The fourth-order valence-corrected chi connectivity index (χ4v) is 2.16. The molecule has 0 bridgehead atoms. The highest BCUT2D eigenvalue weighted by atomic mass is 35.5. The molecule has 0 radical (unpaired) electrons. The van der Waals surface area contributed by atoms with Gasteiger partial charge in [0.05, 0.1) is 29.0 Å². The third-order valence-electron chi connectivity index (χ3n) is 2.90. The molecule has 0 aliphatic heterocycles. The lowest BCUT2D eigenvalue weighted by molar-refractivity contribution is 0.797. The van der Waals surface area contributed by atoms with Gasteiger partial charge >= 0.3 is 0 Å². The van der Waals surface area contributed by atoms with Gasteiger partial charge in [-0.1, -0.05) is 0 Å². The fraction of sp³-hybridized carbons (Fsp3) is 0.0769. The van der Waals surface area contributed by atoms with Crippen LogP contribution in [0.1, 0.15) is 5.56 Å². The van der Waals surface area contributed by atoms with Gasteiger partial charge in [0.2, 0.25) is 5.28 Å². The molecule has 2 heterocycles. The molecule has 6 heteroatoms. The van der Waals surface area contributed by atoms with Crippen LogP contribution in [0, 0.1) is 11.3 Å². The van der Waals surface area contributed by atoms with Gasteiger partial charge in [-0.3, -0.25) is 4.68 Å². The number of hydrogen-bond donors (Lipinski definition) is 0. The van der Waals surface area contributed by atoms with Crippen molar-refractivity contribution in [3.63, 3.8) is 0 Å². The molecule has 92 valence electrons. The van der Waals surface area contributed by atoms with Gasteiger partial charge in [-0.25, -0.2) is 9.97 Å². The topological polar surface area (TPSA) is 67.4 Å². The van der Waals surface area contributed by atoms with E-state index < -0.39 is 0 Å². The highest BCUT2D eigenvalue weighted by molar-refractivity contribution is 6.28. The average Bonchev–Trinajstić information content (AvgIpc) is 2.79. The zero-order chi connectivity index (χ0) is 13.4. The van der Waals surface area contributed by atoms with Crippen molar-refractivity contribution >= 4 is 22.5 Å². The van der Waals surface area contributed by atoms with Gasteiger partial charge in [0, 0.05) is 24.2 Å². The Balaban J connectivity index is 2.37. The Morgan fingerprint density at radius 2 is 2.21 bits per heavy atom. The van der Waals surface area contributed by atoms with Crippen molar-refractivity contribution in [3.05, 3.63) is 41.4 Å². The molecule has 0 saturated carbocycles. The number of benzene rings is 1. The van der Waals surface area contributed by atoms with Gasteiger partial charge in [0.25, 0.3) is 0 Å². The molecule has 3 rings (SSSR count). The molecular weight excluding hydrogens is 262 g/mol. The molecule has 0 N–H and O–H groups in total. The molecule has 0 spiro atoms. The van der Waals surface area contributed by atoms with E-state index in [0.29, 0.717) is 11.3 Å². The van der Waals surface area contributed by atoms with E-state index >= 15 is 0 Å². The van der Waals surface area contributed by atoms with Crippen molar-refractivity contribution in [3.8, 4) is 17.3 Å². The van der Waals surface area contributed by atoms with E-state index in [1.54, 1.807) is 35.3 Å². The maximum absolute atomic E-state index is 9.11. The minimum atomic E-state index is 0.178. The number of halogens is 1. The van der Waals surface area contributed by atoms with Gasteiger partial charge < -0.3 is 0 Å². The summed E-state index contributed by atoms with van der Waals surface area (Å²) in [6.07, 6.45) is 3.34. The first-order valence-electron chi connectivity index (χ1n) is 5.54. The van der Waals surface area contributed by atoms with Crippen LogP contribution in [0.25, 0.3) is 22.2 Å². The van der Waals surface area contributed by atoms with E-state index in [-0.39, 0.29) is 5.28 Å². The molecule has 2 aromatic heterocycles.